The molecule has 0 unspecified atom stereocenters. The molecule has 0 radical (unpaired) electrons. The zero-order chi connectivity index (χ0) is 15.5. The van der Waals surface area contributed by atoms with Crippen LogP contribution in [0.15, 0.2) is 35.4 Å². The van der Waals surface area contributed by atoms with Crippen LogP contribution in [0.5, 0.6) is 0 Å². The second-order valence-corrected chi connectivity index (χ2v) is 5.14. The van der Waals surface area contributed by atoms with Crippen molar-refractivity contribution in [2.24, 2.45) is 5.11 Å². The van der Waals surface area contributed by atoms with Crippen LogP contribution >= 0.6 is 0 Å². The quantitative estimate of drug-likeness (QED) is 0.517. The van der Waals surface area contributed by atoms with E-state index in [-0.39, 0.29) is 6.61 Å². The van der Waals surface area contributed by atoms with E-state index in [0.717, 1.165) is 5.56 Å². The van der Waals surface area contributed by atoms with Crippen LogP contribution in [-0.2, 0) is 18.9 Å². The average molecular weight is 307 g/mol. The summed E-state index contributed by atoms with van der Waals surface area (Å²) in [4.78, 5) is 2.74. The number of aliphatic hydroxyl groups excluding tert-OH is 1. The minimum absolute atomic E-state index is 0.254. The Morgan fingerprint density at radius 3 is 2.77 bits per heavy atom. The molecule has 0 aromatic heterocycles. The fourth-order valence-electron chi connectivity index (χ4n) is 2.73. The summed E-state index contributed by atoms with van der Waals surface area (Å²) in [6.45, 7) is 0.254. The van der Waals surface area contributed by atoms with Crippen molar-refractivity contribution in [3.63, 3.8) is 0 Å². The Morgan fingerprint density at radius 1 is 1.32 bits per heavy atom. The van der Waals surface area contributed by atoms with Crippen LogP contribution in [-0.4, -0.2) is 49.5 Å². The first-order valence-corrected chi connectivity index (χ1v) is 6.97. The van der Waals surface area contributed by atoms with Crippen LogP contribution < -0.4 is 0 Å². The Kier molecular flexibility index (Phi) is 4.58. The van der Waals surface area contributed by atoms with Gasteiger partial charge >= 0.3 is 0 Å². The summed E-state index contributed by atoms with van der Waals surface area (Å²) in [6.07, 6.45) is -3.58. The normalized spacial score (nSPS) is 37.9. The topological polar surface area (TPSA) is 106 Å². The molecule has 0 saturated carbocycles. The van der Waals surface area contributed by atoms with Crippen LogP contribution in [0.1, 0.15) is 11.9 Å². The number of hydrogen-bond donors (Lipinski definition) is 1. The van der Waals surface area contributed by atoms with Crippen molar-refractivity contribution in [2.45, 2.75) is 36.9 Å². The second-order valence-electron chi connectivity index (χ2n) is 5.14. The number of fused-ring (bicyclic) bond motifs is 1. The van der Waals surface area contributed by atoms with E-state index in [2.05, 4.69) is 10.0 Å². The number of rotatable bonds is 3. The number of azide groups is 1. The third-order valence-electron chi connectivity index (χ3n) is 3.82. The van der Waals surface area contributed by atoms with Gasteiger partial charge in [0, 0.05) is 17.6 Å². The Labute approximate surface area is 127 Å². The van der Waals surface area contributed by atoms with Crippen LogP contribution in [0.25, 0.3) is 10.4 Å². The molecule has 0 amide bonds. The van der Waals surface area contributed by atoms with Gasteiger partial charge in [0.15, 0.2) is 12.6 Å². The number of hydrogen-bond acceptors (Lipinski definition) is 6. The van der Waals surface area contributed by atoms with Gasteiger partial charge in [0.1, 0.15) is 18.2 Å². The molecule has 2 aliphatic rings. The highest BCUT2D eigenvalue weighted by Gasteiger charge is 2.49. The van der Waals surface area contributed by atoms with Crippen LogP contribution in [0.3, 0.4) is 0 Å². The fraction of sp³-hybridized carbons (Fsp3) is 0.571. The van der Waals surface area contributed by atoms with Gasteiger partial charge in [-0.05, 0) is 5.53 Å². The van der Waals surface area contributed by atoms with Gasteiger partial charge in [-0.25, -0.2) is 0 Å². The first-order valence-electron chi connectivity index (χ1n) is 6.97. The third kappa shape index (κ3) is 2.80. The van der Waals surface area contributed by atoms with E-state index in [9.17, 15) is 5.11 Å². The van der Waals surface area contributed by atoms with E-state index in [1.165, 1.54) is 7.11 Å². The summed E-state index contributed by atoms with van der Waals surface area (Å²) in [6, 6.07) is 8.55. The van der Waals surface area contributed by atoms with Crippen molar-refractivity contribution in [2.75, 3.05) is 13.7 Å². The van der Waals surface area contributed by atoms with Crippen LogP contribution in [0.4, 0.5) is 0 Å². The molecule has 0 spiro atoms. The highest BCUT2D eigenvalue weighted by molar-refractivity contribution is 5.16. The molecule has 2 heterocycles. The summed E-state index contributed by atoms with van der Waals surface area (Å²) in [5.74, 6) is 0. The molecule has 2 fully saturated rings. The lowest BCUT2D eigenvalue weighted by atomic mass is 9.96. The van der Waals surface area contributed by atoms with E-state index in [1.807, 2.05) is 30.3 Å². The molecule has 1 N–H and O–H groups in total. The number of methoxy groups -OCH3 is 1. The minimum atomic E-state index is -1.03. The van der Waals surface area contributed by atoms with Gasteiger partial charge in [-0.1, -0.05) is 35.4 Å². The Bertz CT molecular complexity index is 551. The van der Waals surface area contributed by atoms with Gasteiger partial charge in [-0.2, -0.15) is 0 Å². The van der Waals surface area contributed by atoms with Crippen molar-refractivity contribution in [1.82, 2.24) is 0 Å². The second kappa shape index (κ2) is 6.62. The predicted molar refractivity (Wildman–Crippen MR) is 74.6 cm³/mol. The van der Waals surface area contributed by atoms with Gasteiger partial charge in [0.25, 0.3) is 0 Å². The lowest BCUT2D eigenvalue weighted by molar-refractivity contribution is -0.338. The number of aliphatic hydroxyl groups is 1. The maximum absolute atomic E-state index is 10.5. The highest BCUT2D eigenvalue weighted by Crippen LogP contribution is 2.35. The molecule has 2 saturated heterocycles. The molecule has 22 heavy (non-hydrogen) atoms. The summed E-state index contributed by atoms with van der Waals surface area (Å²) in [5, 5.41) is 14.0. The Hall–Kier alpha value is -1.67. The smallest absolute Gasteiger partial charge is 0.184 e. The molecule has 8 nitrogen and oxygen atoms in total. The molecular formula is C14H17N3O5. The number of ether oxygens (including phenoxy) is 4. The largest absolute Gasteiger partial charge is 0.390 e. The van der Waals surface area contributed by atoms with Crippen LogP contribution in [0.2, 0.25) is 0 Å². The first-order chi connectivity index (χ1) is 10.7. The maximum atomic E-state index is 10.5. The van der Waals surface area contributed by atoms with Gasteiger partial charge in [0.2, 0.25) is 0 Å². The van der Waals surface area contributed by atoms with E-state index < -0.39 is 36.9 Å². The zero-order valence-electron chi connectivity index (χ0n) is 12.0. The molecule has 0 bridgehead atoms. The SMILES string of the molecule is CO[C@H]1O[C@@H]2CO[C@@H](c3ccccc3)O[C@H]2[C@@H](O)[C@H]1N=[N+]=[N-]. The molecule has 1 aromatic carbocycles. The molecule has 0 aliphatic carbocycles. The van der Waals surface area contributed by atoms with Gasteiger partial charge in [0.05, 0.1) is 12.7 Å². The molecule has 6 atom stereocenters. The molecular weight excluding hydrogens is 290 g/mol. The van der Waals surface area contributed by atoms with Crippen molar-refractivity contribution in [3.05, 3.63) is 46.3 Å². The zero-order valence-corrected chi connectivity index (χ0v) is 12.0. The van der Waals surface area contributed by atoms with Gasteiger partial charge < -0.3 is 24.1 Å². The Morgan fingerprint density at radius 2 is 2.09 bits per heavy atom. The standard InChI is InChI=1S/C14H17N3O5/c1-19-14-10(16-17-15)11(18)12-9(21-14)7-20-13(22-12)8-5-3-2-4-6-8/h2-6,9-14,18H,7H2,1H3/t9-,10-,11+,12-,13-,14+/m1/s1. The molecule has 2 aliphatic heterocycles. The fourth-order valence-corrected chi connectivity index (χ4v) is 2.73. The van der Waals surface area contributed by atoms with Crippen molar-refractivity contribution in [1.29, 1.82) is 0 Å². The molecule has 1 aromatic rings. The van der Waals surface area contributed by atoms with E-state index in [1.54, 1.807) is 0 Å². The first kappa shape index (κ1) is 15.2. The van der Waals surface area contributed by atoms with E-state index >= 15 is 0 Å². The number of benzene rings is 1. The number of nitrogens with zero attached hydrogens (tertiary/aromatic N) is 3. The van der Waals surface area contributed by atoms with Crippen molar-refractivity contribution in [3.8, 4) is 0 Å². The van der Waals surface area contributed by atoms with Crippen molar-refractivity contribution < 1.29 is 24.1 Å². The lowest BCUT2D eigenvalue weighted by Crippen LogP contribution is -2.61. The summed E-state index contributed by atoms with van der Waals surface area (Å²) >= 11 is 0. The molecule has 3 rings (SSSR count). The van der Waals surface area contributed by atoms with Gasteiger partial charge in [-0.15, -0.1) is 0 Å². The maximum Gasteiger partial charge on any atom is 0.184 e. The van der Waals surface area contributed by atoms with Crippen LogP contribution in [0, 0.1) is 0 Å². The Balaban J connectivity index is 1.79. The molecule has 8 heteroatoms. The van der Waals surface area contributed by atoms with E-state index in [4.69, 9.17) is 24.5 Å². The summed E-state index contributed by atoms with van der Waals surface area (Å²) < 4.78 is 22.3. The van der Waals surface area contributed by atoms with E-state index in [0.29, 0.717) is 0 Å². The average Bonchev–Trinajstić information content (AvgIpc) is 2.58. The van der Waals surface area contributed by atoms with Crippen molar-refractivity contribution >= 4 is 0 Å². The summed E-state index contributed by atoms with van der Waals surface area (Å²) in [7, 11) is 1.43. The summed E-state index contributed by atoms with van der Waals surface area (Å²) in [5.41, 5.74) is 9.50. The molecule has 118 valence electrons. The third-order valence-corrected chi connectivity index (χ3v) is 3.82. The highest BCUT2D eigenvalue weighted by atomic mass is 16.7. The predicted octanol–water partition coefficient (Wildman–Crippen LogP) is 1.51. The van der Waals surface area contributed by atoms with Gasteiger partial charge in [-0.3, -0.25) is 0 Å². The lowest BCUT2D eigenvalue weighted by Gasteiger charge is -2.46. The monoisotopic (exact) mass is 307 g/mol. The minimum Gasteiger partial charge on any atom is -0.390 e.